The SMILES string of the molecule is COc1cc2c(cc1OCCCCCOc1cc([N+](=O)[O-])c(C(=O)N3CCC[C@H]3C=O)cc1OC)NC[C@@H]1C[C@@H](O)CN1C2=O. The highest BCUT2D eigenvalue weighted by Crippen LogP contribution is 2.38. The molecular formula is C31H38N4O10. The number of hydrogen-bond donors (Lipinski definition) is 2. The van der Waals surface area contributed by atoms with Crippen molar-refractivity contribution in [2.75, 3.05) is 52.4 Å². The Kier molecular flexibility index (Phi) is 9.91. The number of nitrogens with zero attached hydrogens (tertiary/aromatic N) is 3. The molecule has 0 unspecified atom stereocenters. The summed E-state index contributed by atoms with van der Waals surface area (Å²) in [7, 11) is 2.90. The average molecular weight is 627 g/mol. The molecule has 14 nitrogen and oxygen atoms in total. The minimum Gasteiger partial charge on any atom is -0.493 e. The number of nitro groups is 1. The van der Waals surface area contributed by atoms with Gasteiger partial charge in [-0.15, -0.1) is 0 Å². The van der Waals surface area contributed by atoms with E-state index < -0.39 is 28.7 Å². The Hall–Kier alpha value is -4.59. The molecule has 242 valence electrons. The van der Waals surface area contributed by atoms with Crippen molar-refractivity contribution in [3.05, 3.63) is 45.5 Å². The van der Waals surface area contributed by atoms with E-state index in [2.05, 4.69) is 5.32 Å². The Morgan fingerprint density at radius 1 is 1.07 bits per heavy atom. The normalized spacial score (nSPS) is 20.5. The lowest BCUT2D eigenvalue weighted by Gasteiger charge is -2.21. The van der Waals surface area contributed by atoms with Gasteiger partial charge in [-0.05, 0) is 44.6 Å². The van der Waals surface area contributed by atoms with Crippen LogP contribution in [0.15, 0.2) is 24.3 Å². The average Bonchev–Trinajstić information content (AvgIpc) is 3.65. The molecule has 2 aromatic carbocycles. The quantitative estimate of drug-likeness (QED) is 0.145. The van der Waals surface area contributed by atoms with Gasteiger partial charge in [0.25, 0.3) is 17.5 Å². The fourth-order valence-corrected chi connectivity index (χ4v) is 6.10. The number of fused-ring (bicyclic) bond motifs is 2. The van der Waals surface area contributed by atoms with Gasteiger partial charge in [-0.25, -0.2) is 0 Å². The number of carbonyl (C=O) groups excluding carboxylic acids is 3. The Balaban J connectivity index is 1.14. The first kappa shape index (κ1) is 31.8. The lowest BCUT2D eigenvalue weighted by Crippen LogP contribution is -2.37. The van der Waals surface area contributed by atoms with Gasteiger partial charge in [0.1, 0.15) is 11.8 Å². The van der Waals surface area contributed by atoms with Gasteiger partial charge in [-0.2, -0.15) is 0 Å². The number of ether oxygens (including phenoxy) is 4. The number of benzene rings is 2. The number of nitrogens with one attached hydrogen (secondary N) is 1. The van der Waals surface area contributed by atoms with Crippen LogP contribution >= 0.6 is 0 Å². The summed E-state index contributed by atoms with van der Waals surface area (Å²) in [6.45, 7) is 1.83. The van der Waals surface area contributed by atoms with Gasteiger partial charge in [0.15, 0.2) is 23.0 Å². The van der Waals surface area contributed by atoms with E-state index in [-0.39, 0.29) is 35.6 Å². The van der Waals surface area contributed by atoms with Crippen molar-refractivity contribution in [3.63, 3.8) is 0 Å². The van der Waals surface area contributed by atoms with Crippen LogP contribution < -0.4 is 24.3 Å². The molecule has 0 saturated carbocycles. The Morgan fingerprint density at radius 2 is 1.76 bits per heavy atom. The molecule has 5 rings (SSSR count). The highest BCUT2D eigenvalue weighted by atomic mass is 16.6. The summed E-state index contributed by atoms with van der Waals surface area (Å²) in [5.74, 6) is 0.546. The number of aldehydes is 1. The first-order valence-corrected chi connectivity index (χ1v) is 15.1. The summed E-state index contributed by atoms with van der Waals surface area (Å²) in [6, 6.07) is 5.25. The lowest BCUT2D eigenvalue weighted by atomic mass is 10.1. The van der Waals surface area contributed by atoms with Gasteiger partial charge < -0.3 is 44.0 Å². The van der Waals surface area contributed by atoms with Crippen LogP contribution in [0.2, 0.25) is 0 Å². The molecule has 2 amide bonds. The molecule has 0 aromatic heterocycles. The van der Waals surface area contributed by atoms with Crippen LogP contribution in [0.3, 0.4) is 0 Å². The van der Waals surface area contributed by atoms with Crippen molar-refractivity contribution < 1.29 is 43.4 Å². The van der Waals surface area contributed by atoms with E-state index in [1.54, 1.807) is 17.0 Å². The maximum Gasteiger partial charge on any atom is 0.286 e. The van der Waals surface area contributed by atoms with Gasteiger partial charge in [-0.3, -0.25) is 19.7 Å². The fraction of sp³-hybridized carbons (Fsp3) is 0.516. The van der Waals surface area contributed by atoms with Crippen LogP contribution in [0.25, 0.3) is 0 Å². The summed E-state index contributed by atoms with van der Waals surface area (Å²) in [5, 5.41) is 25.1. The van der Waals surface area contributed by atoms with Crippen molar-refractivity contribution >= 4 is 29.5 Å². The van der Waals surface area contributed by atoms with Crippen LogP contribution in [0.4, 0.5) is 11.4 Å². The minimum absolute atomic E-state index is 0.0740. The lowest BCUT2D eigenvalue weighted by molar-refractivity contribution is -0.385. The van der Waals surface area contributed by atoms with Gasteiger partial charge in [0.2, 0.25) is 0 Å². The third-order valence-electron chi connectivity index (χ3n) is 8.45. The fourth-order valence-electron chi connectivity index (χ4n) is 6.10. The van der Waals surface area contributed by atoms with Crippen molar-refractivity contribution in [1.29, 1.82) is 0 Å². The molecule has 3 aliphatic heterocycles. The minimum atomic E-state index is -0.640. The zero-order valence-electron chi connectivity index (χ0n) is 25.4. The van der Waals surface area contributed by atoms with E-state index in [1.807, 2.05) is 0 Å². The number of rotatable bonds is 13. The number of aliphatic hydroxyl groups excluding tert-OH is 1. The van der Waals surface area contributed by atoms with Crippen molar-refractivity contribution in [1.82, 2.24) is 9.80 Å². The van der Waals surface area contributed by atoms with Crippen LogP contribution in [-0.2, 0) is 4.79 Å². The Morgan fingerprint density at radius 3 is 2.42 bits per heavy atom. The molecule has 2 saturated heterocycles. The summed E-state index contributed by atoms with van der Waals surface area (Å²) < 4.78 is 22.7. The predicted octanol–water partition coefficient (Wildman–Crippen LogP) is 3.04. The second-order valence-electron chi connectivity index (χ2n) is 11.3. The van der Waals surface area contributed by atoms with E-state index in [0.717, 1.165) is 6.42 Å². The topological polar surface area (TPSA) is 170 Å². The van der Waals surface area contributed by atoms with Crippen molar-refractivity contribution in [2.24, 2.45) is 0 Å². The molecule has 2 fully saturated rings. The number of amides is 2. The summed E-state index contributed by atoms with van der Waals surface area (Å²) in [5.41, 5.74) is 0.571. The third kappa shape index (κ3) is 6.75. The van der Waals surface area contributed by atoms with Crippen LogP contribution in [0.1, 0.15) is 59.2 Å². The zero-order chi connectivity index (χ0) is 32.1. The molecule has 0 aliphatic carbocycles. The largest absolute Gasteiger partial charge is 0.493 e. The van der Waals surface area contributed by atoms with Gasteiger partial charge in [0, 0.05) is 31.8 Å². The zero-order valence-corrected chi connectivity index (χ0v) is 25.4. The predicted molar refractivity (Wildman–Crippen MR) is 162 cm³/mol. The van der Waals surface area contributed by atoms with Gasteiger partial charge in [-0.1, -0.05) is 0 Å². The number of unbranched alkanes of at least 4 members (excludes halogenated alkanes) is 2. The number of aliphatic hydroxyl groups is 1. The highest BCUT2D eigenvalue weighted by molar-refractivity contribution is 6.02. The van der Waals surface area contributed by atoms with Gasteiger partial charge in [0.05, 0.1) is 67.9 Å². The van der Waals surface area contributed by atoms with E-state index in [1.165, 1.54) is 31.3 Å². The molecule has 0 spiro atoms. The van der Waals surface area contributed by atoms with E-state index in [9.17, 15) is 29.6 Å². The smallest absolute Gasteiger partial charge is 0.286 e. The van der Waals surface area contributed by atoms with E-state index >= 15 is 0 Å². The second kappa shape index (κ2) is 14.0. The monoisotopic (exact) mass is 626 g/mol. The summed E-state index contributed by atoms with van der Waals surface area (Å²) in [4.78, 5) is 51.8. The molecule has 0 radical (unpaired) electrons. The molecular weight excluding hydrogens is 588 g/mol. The summed E-state index contributed by atoms with van der Waals surface area (Å²) >= 11 is 0. The third-order valence-corrected chi connectivity index (χ3v) is 8.45. The molecule has 3 aliphatic rings. The number of hydrogen-bond acceptors (Lipinski definition) is 11. The molecule has 3 heterocycles. The second-order valence-corrected chi connectivity index (χ2v) is 11.3. The number of nitro benzene ring substituents is 1. The van der Waals surface area contributed by atoms with E-state index in [4.69, 9.17) is 18.9 Å². The van der Waals surface area contributed by atoms with Crippen LogP contribution in [-0.4, -0.2) is 103 Å². The number of methoxy groups -OCH3 is 2. The first-order chi connectivity index (χ1) is 21.7. The molecule has 0 bridgehead atoms. The number of likely N-dealkylation sites (tertiary alicyclic amines) is 1. The molecule has 45 heavy (non-hydrogen) atoms. The maximum atomic E-state index is 13.1. The molecule has 14 heteroatoms. The van der Waals surface area contributed by atoms with Crippen molar-refractivity contribution in [2.45, 2.75) is 56.7 Å². The molecule has 3 atom stereocenters. The number of anilines is 1. The number of carbonyl (C=O) groups is 3. The van der Waals surface area contributed by atoms with Crippen molar-refractivity contribution in [3.8, 4) is 23.0 Å². The standard InChI is InChI=1S/C31H38N4O10/c1-42-26-12-22-24(32-16-20-11-21(37)17-34(20)30(22)38)14-28(26)44-9-4-3-5-10-45-29-15-25(35(40)41)23(13-27(29)43-2)31(39)33-8-6-7-19(33)18-36/h12-15,18-21,32,37H,3-11,16-17H2,1-2H3/t19-,20-,21+/m0/s1. The first-order valence-electron chi connectivity index (χ1n) is 15.1. The molecule has 2 aromatic rings. The Bertz CT molecular complexity index is 1450. The highest BCUT2D eigenvalue weighted by Gasteiger charge is 2.38. The van der Waals surface area contributed by atoms with Gasteiger partial charge >= 0.3 is 0 Å². The summed E-state index contributed by atoms with van der Waals surface area (Å²) in [6.07, 6.45) is 3.91. The maximum absolute atomic E-state index is 13.1. The van der Waals surface area contributed by atoms with E-state index in [0.29, 0.717) is 87.4 Å². The van der Waals surface area contributed by atoms with Crippen LogP contribution in [0, 0.1) is 10.1 Å². The van der Waals surface area contributed by atoms with Crippen LogP contribution in [0.5, 0.6) is 23.0 Å². The molecule has 2 N–H and O–H groups in total. The Labute approximate surface area is 260 Å².